The number of hydrogen-bond donors (Lipinski definition) is 1. The van der Waals surface area contributed by atoms with Gasteiger partial charge in [-0.25, -0.2) is 0 Å². The fourth-order valence-electron chi connectivity index (χ4n) is 3.96. The molecule has 1 aromatic rings. The van der Waals surface area contributed by atoms with Crippen molar-refractivity contribution in [2.75, 3.05) is 13.1 Å². The van der Waals surface area contributed by atoms with Crippen LogP contribution in [0.15, 0.2) is 18.2 Å². The zero-order valence-electron chi connectivity index (χ0n) is 12.0. The molecule has 4 rings (SSSR count). The first-order valence-electron chi connectivity index (χ1n) is 7.47. The smallest absolute Gasteiger partial charge is 0.253 e. The Labute approximate surface area is 131 Å². The third-order valence-electron chi connectivity index (χ3n) is 5.17. The highest BCUT2D eigenvalue weighted by molar-refractivity contribution is 5.94. The number of ether oxygens (including phenoxy) is 1. The lowest BCUT2D eigenvalue weighted by Crippen LogP contribution is -2.33. The Morgan fingerprint density at radius 3 is 2.81 bits per heavy atom. The maximum Gasteiger partial charge on any atom is 0.253 e. The summed E-state index contributed by atoms with van der Waals surface area (Å²) < 4.78 is 5.41. The zero-order chi connectivity index (χ0) is 13.7. The minimum Gasteiger partial charge on any atom is -0.372 e. The van der Waals surface area contributed by atoms with E-state index in [1.165, 1.54) is 12.0 Å². The van der Waals surface area contributed by atoms with E-state index in [-0.39, 0.29) is 24.4 Å². The minimum atomic E-state index is 0. The Balaban J connectivity index is 0.00000132. The second-order valence-corrected chi connectivity index (χ2v) is 6.35. The molecule has 0 radical (unpaired) electrons. The highest BCUT2D eigenvalue weighted by Crippen LogP contribution is 2.37. The molecule has 114 valence electrons. The average Bonchev–Trinajstić information content (AvgIpc) is 3.14. The SMILES string of the molecule is Cl.NC1CCC2CN(C(=O)c3ccc4c(c3)COC4)CC12. The van der Waals surface area contributed by atoms with Crippen LogP contribution in [0.2, 0.25) is 0 Å². The molecule has 3 aliphatic rings. The van der Waals surface area contributed by atoms with Crippen molar-refractivity contribution in [2.24, 2.45) is 17.6 Å². The predicted molar refractivity (Wildman–Crippen MR) is 82.3 cm³/mol. The van der Waals surface area contributed by atoms with Crippen molar-refractivity contribution < 1.29 is 9.53 Å². The Kier molecular flexibility index (Phi) is 3.95. The van der Waals surface area contributed by atoms with Crippen LogP contribution in [0, 0.1) is 11.8 Å². The number of halogens is 1. The predicted octanol–water partition coefficient (Wildman–Crippen LogP) is 1.95. The Morgan fingerprint density at radius 1 is 1.19 bits per heavy atom. The second-order valence-electron chi connectivity index (χ2n) is 6.35. The fourth-order valence-corrected chi connectivity index (χ4v) is 3.96. The van der Waals surface area contributed by atoms with Gasteiger partial charge in [0.1, 0.15) is 0 Å². The number of amides is 1. The van der Waals surface area contributed by atoms with Gasteiger partial charge in [0.2, 0.25) is 0 Å². The molecule has 21 heavy (non-hydrogen) atoms. The van der Waals surface area contributed by atoms with Gasteiger partial charge in [-0.1, -0.05) is 6.07 Å². The Hall–Kier alpha value is -1.10. The van der Waals surface area contributed by atoms with Gasteiger partial charge in [0, 0.05) is 24.7 Å². The summed E-state index contributed by atoms with van der Waals surface area (Å²) in [5.74, 6) is 1.28. The molecule has 2 aliphatic heterocycles. The lowest BCUT2D eigenvalue weighted by Gasteiger charge is -2.19. The van der Waals surface area contributed by atoms with Crippen molar-refractivity contribution in [2.45, 2.75) is 32.1 Å². The third-order valence-corrected chi connectivity index (χ3v) is 5.17. The lowest BCUT2D eigenvalue weighted by molar-refractivity contribution is 0.0779. The number of likely N-dealkylation sites (tertiary alicyclic amines) is 1. The average molecular weight is 309 g/mol. The molecule has 2 fully saturated rings. The van der Waals surface area contributed by atoms with Gasteiger partial charge in [-0.05, 0) is 47.9 Å². The van der Waals surface area contributed by atoms with E-state index in [1.807, 2.05) is 23.1 Å². The quantitative estimate of drug-likeness (QED) is 0.862. The van der Waals surface area contributed by atoms with Crippen molar-refractivity contribution in [1.29, 1.82) is 0 Å². The number of nitrogens with zero attached hydrogens (tertiary/aromatic N) is 1. The summed E-state index contributed by atoms with van der Waals surface area (Å²) in [7, 11) is 0. The van der Waals surface area contributed by atoms with E-state index < -0.39 is 0 Å². The topological polar surface area (TPSA) is 55.6 Å². The van der Waals surface area contributed by atoms with E-state index >= 15 is 0 Å². The first kappa shape index (κ1) is 14.8. The number of hydrogen-bond acceptors (Lipinski definition) is 3. The standard InChI is InChI=1S/C16H20N2O2.ClH/c17-15-4-3-11-6-18(7-14(11)15)16(19)10-1-2-12-8-20-9-13(12)5-10;/h1-2,5,11,14-15H,3-4,6-9,17H2;1H. The Morgan fingerprint density at radius 2 is 2.00 bits per heavy atom. The molecule has 1 saturated carbocycles. The van der Waals surface area contributed by atoms with Gasteiger partial charge >= 0.3 is 0 Å². The Bertz CT molecular complexity index is 563. The van der Waals surface area contributed by atoms with Crippen molar-refractivity contribution >= 4 is 18.3 Å². The van der Waals surface area contributed by atoms with Crippen molar-refractivity contribution in [1.82, 2.24) is 4.90 Å². The molecular weight excluding hydrogens is 288 g/mol. The van der Waals surface area contributed by atoms with Crippen LogP contribution >= 0.6 is 12.4 Å². The molecule has 3 unspecified atom stereocenters. The molecule has 0 aromatic heterocycles. The molecule has 1 saturated heterocycles. The number of benzene rings is 1. The van der Waals surface area contributed by atoms with E-state index in [9.17, 15) is 4.79 Å². The zero-order valence-corrected chi connectivity index (χ0v) is 12.8. The number of fused-ring (bicyclic) bond motifs is 2. The van der Waals surface area contributed by atoms with E-state index in [2.05, 4.69) is 0 Å². The second kappa shape index (κ2) is 5.59. The van der Waals surface area contributed by atoms with Crippen molar-refractivity contribution in [3.63, 3.8) is 0 Å². The highest BCUT2D eigenvalue weighted by atomic mass is 35.5. The summed E-state index contributed by atoms with van der Waals surface area (Å²) in [6.45, 7) is 3.02. The fraction of sp³-hybridized carbons (Fsp3) is 0.562. The first-order chi connectivity index (χ1) is 9.72. The van der Waals surface area contributed by atoms with Crippen molar-refractivity contribution in [3.05, 3.63) is 34.9 Å². The molecular formula is C16H21ClN2O2. The normalized spacial score (nSPS) is 30.0. The molecule has 0 spiro atoms. The molecule has 1 aromatic carbocycles. The molecule has 1 aliphatic carbocycles. The van der Waals surface area contributed by atoms with E-state index in [1.54, 1.807) is 0 Å². The van der Waals surface area contributed by atoms with Gasteiger partial charge in [-0.2, -0.15) is 0 Å². The summed E-state index contributed by atoms with van der Waals surface area (Å²) in [6, 6.07) is 6.24. The maximum absolute atomic E-state index is 12.6. The number of nitrogens with two attached hydrogens (primary N) is 1. The molecule has 3 atom stereocenters. The van der Waals surface area contributed by atoms with E-state index in [4.69, 9.17) is 10.5 Å². The largest absolute Gasteiger partial charge is 0.372 e. The summed E-state index contributed by atoms with van der Waals surface area (Å²) in [6.07, 6.45) is 2.29. The number of carbonyl (C=O) groups excluding carboxylic acids is 1. The van der Waals surface area contributed by atoms with Gasteiger partial charge < -0.3 is 15.4 Å². The summed E-state index contributed by atoms with van der Waals surface area (Å²) in [4.78, 5) is 14.6. The first-order valence-corrected chi connectivity index (χ1v) is 7.47. The third kappa shape index (κ3) is 2.45. The van der Waals surface area contributed by atoms with Crippen LogP contribution in [-0.2, 0) is 18.0 Å². The van der Waals surface area contributed by atoms with Crippen LogP contribution in [-0.4, -0.2) is 29.9 Å². The van der Waals surface area contributed by atoms with Gasteiger partial charge in [0.05, 0.1) is 13.2 Å². The molecule has 4 nitrogen and oxygen atoms in total. The molecule has 5 heteroatoms. The van der Waals surface area contributed by atoms with Crippen molar-refractivity contribution in [3.8, 4) is 0 Å². The summed E-state index contributed by atoms with van der Waals surface area (Å²) >= 11 is 0. The minimum absolute atomic E-state index is 0. The lowest BCUT2D eigenvalue weighted by atomic mass is 9.98. The van der Waals surface area contributed by atoms with Crippen LogP contribution in [0.1, 0.15) is 34.3 Å². The highest BCUT2D eigenvalue weighted by Gasteiger charge is 2.42. The number of carbonyl (C=O) groups is 1. The van der Waals surface area contributed by atoms with Crippen LogP contribution in [0.3, 0.4) is 0 Å². The monoisotopic (exact) mass is 308 g/mol. The molecule has 1 amide bonds. The van der Waals surface area contributed by atoms with E-state index in [0.717, 1.165) is 30.6 Å². The maximum atomic E-state index is 12.6. The summed E-state index contributed by atoms with van der Waals surface area (Å²) in [5.41, 5.74) is 9.30. The van der Waals surface area contributed by atoms with Gasteiger partial charge in [-0.15, -0.1) is 12.4 Å². The van der Waals surface area contributed by atoms with Crippen LogP contribution in [0.25, 0.3) is 0 Å². The molecule has 2 N–H and O–H groups in total. The van der Waals surface area contributed by atoms with E-state index in [0.29, 0.717) is 25.0 Å². The molecule has 2 heterocycles. The summed E-state index contributed by atoms with van der Waals surface area (Å²) in [5, 5.41) is 0. The van der Waals surface area contributed by atoms with Gasteiger partial charge in [0.25, 0.3) is 5.91 Å². The molecule has 0 bridgehead atoms. The van der Waals surface area contributed by atoms with Crippen LogP contribution in [0.5, 0.6) is 0 Å². The van der Waals surface area contributed by atoms with Crippen LogP contribution < -0.4 is 5.73 Å². The van der Waals surface area contributed by atoms with Crippen LogP contribution in [0.4, 0.5) is 0 Å². The number of rotatable bonds is 1. The van der Waals surface area contributed by atoms with Gasteiger partial charge in [-0.3, -0.25) is 4.79 Å². The van der Waals surface area contributed by atoms with Gasteiger partial charge in [0.15, 0.2) is 0 Å².